The van der Waals surface area contributed by atoms with Crippen molar-refractivity contribution < 1.29 is 9.59 Å². The van der Waals surface area contributed by atoms with E-state index in [1.807, 2.05) is 19.0 Å². The number of carbonyl (C=O) groups excluding carboxylic acids is 2. The zero-order chi connectivity index (χ0) is 12.4. The van der Waals surface area contributed by atoms with E-state index in [4.69, 9.17) is 11.6 Å². The van der Waals surface area contributed by atoms with Crippen LogP contribution in [0.5, 0.6) is 0 Å². The van der Waals surface area contributed by atoms with Crippen molar-refractivity contribution in [1.82, 2.24) is 15.5 Å². The van der Waals surface area contributed by atoms with E-state index in [0.717, 1.165) is 13.0 Å². The number of hydrogen-bond donors (Lipinski definition) is 2. The summed E-state index contributed by atoms with van der Waals surface area (Å²) in [5, 5.41) is 5.04. The molecule has 0 atom stereocenters. The van der Waals surface area contributed by atoms with Crippen molar-refractivity contribution in [1.29, 1.82) is 0 Å². The maximum absolute atomic E-state index is 11.2. The highest BCUT2D eigenvalue weighted by Crippen LogP contribution is 1.83. The first-order chi connectivity index (χ1) is 7.57. The Morgan fingerprint density at radius 3 is 2.00 bits per heavy atom. The molecule has 2 N–H and O–H groups in total. The number of amides is 2. The fourth-order valence-electron chi connectivity index (χ4n) is 1.03. The van der Waals surface area contributed by atoms with E-state index in [2.05, 4.69) is 10.6 Å². The van der Waals surface area contributed by atoms with Crippen LogP contribution in [0.15, 0.2) is 0 Å². The summed E-state index contributed by atoms with van der Waals surface area (Å²) in [5.74, 6) is -0.687. The Morgan fingerprint density at radius 2 is 1.56 bits per heavy atom. The Labute approximate surface area is 102 Å². The average Bonchev–Trinajstić information content (AvgIpc) is 2.24. The second-order valence-electron chi connectivity index (χ2n) is 3.71. The van der Waals surface area contributed by atoms with E-state index < -0.39 is 11.8 Å². The van der Waals surface area contributed by atoms with Crippen LogP contribution in [0.3, 0.4) is 0 Å². The standard InChI is InChI=1S/C10H20ClN3O2/c1-14(2)8-4-7-13-10(16)9(15)12-6-3-5-11/h3-8H2,1-2H3,(H,12,15)(H,13,16). The summed E-state index contributed by atoms with van der Waals surface area (Å²) >= 11 is 5.44. The van der Waals surface area contributed by atoms with Gasteiger partial charge < -0.3 is 15.5 Å². The molecule has 0 aliphatic rings. The predicted octanol–water partition coefficient (Wildman–Crippen LogP) is -0.201. The molecule has 16 heavy (non-hydrogen) atoms. The molecule has 0 unspecified atom stereocenters. The summed E-state index contributed by atoms with van der Waals surface area (Å²) in [5.41, 5.74) is 0. The lowest BCUT2D eigenvalue weighted by Crippen LogP contribution is -2.41. The number of hydrogen-bond acceptors (Lipinski definition) is 3. The third kappa shape index (κ3) is 8.49. The zero-order valence-electron chi connectivity index (χ0n) is 9.88. The van der Waals surface area contributed by atoms with Crippen LogP contribution >= 0.6 is 11.6 Å². The Kier molecular flexibility index (Phi) is 8.94. The second kappa shape index (κ2) is 9.42. The van der Waals surface area contributed by atoms with Gasteiger partial charge in [-0.3, -0.25) is 9.59 Å². The van der Waals surface area contributed by atoms with Crippen molar-refractivity contribution in [2.24, 2.45) is 0 Å². The quantitative estimate of drug-likeness (QED) is 0.373. The van der Waals surface area contributed by atoms with Crippen LogP contribution < -0.4 is 10.6 Å². The minimum Gasteiger partial charge on any atom is -0.348 e. The van der Waals surface area contributed by atoms with Gasteiger partial charge in [-0.05, 0) is 33.5 Å². The van der Waals surface area contributed by atoms with Gasteiger partial charge in [-0.25, -0.2) is 0 Å². The van der Waals surface area contributed by atoms with Gasteiger partial charge in [-0.2, -0.15) is 0 Å². The molecular formula is C10H20ClN3O2. The molecule has 2 amide bonds. The van der Waals surface area contributed by atoms with E-state index >= 15 is 0 Å². The lowest BCUT2D eigenvalue weighted by atomic mass is 10.4. The minimum atomic E-state index is -0.588. The molecule has 94 valence electrons. The molecule has 0 radical (unpaired) electrons. The van der Waals surface area contributed by atoms with Crippen LogP contribution in [-0.2, 0) is 9.59 Å². The minimum absolute atomic E-state index is 0.438. The highest BCUT2D eigenvalue weighted by Gasteiger charge is 2.11. The first-order valence-electron chi connectivity index (χ1n) is 5.34. The van der Waals surface area contributed by atoms with Gasteiger partial charge in [-0.1, -0.05) is 0 Å². The number of nitrogens with one attached hydrogen (secondary N) is 2. The number of nitrogens with zero attached hydrogens (tertiary/aromatic N) is 1. The van der Waals surface area contributed by atoms with E-state index in [9.17, 15) is 9.59 Å². The van der Waals surface area contributed by atoms with Gasteiger partial charge in [-0.15, -0.1) is 11.6 Å². The molecule has 6 heteroatoms. The summed E-state index contributed by atoms with van der Waals surface area (Å²) in [6, 6.07) is 0. The number of alkyl halides is 1. The lowest BCUT2D eigenvalue weighted by molar-refractivity contribution is -0.139. The van der Waals surface area contributed by atoms with Gasteiger partial charge in [0, 0.05) is 19.0 Å². The van der Waals surface area contributed by atoms with Crippen LogP contribution in [0.1, 0.15) is 12.8 Å². The summed E-state index contributed by atoms with van der Waals surface area (Å²) < 4.78 is 0. The average molecular weight is 250 g/mol. The molecule has 0 aliphatic heterocycles. The highest BCUT2D eigenvalue weighted by atomic mass is 35.5. The third-order valence-electron chi connectivity index (χ3n) is 1.87. The summed E-state index contributed by atoms with van der Waals surface area (Å²) in [7, 11) is 3.92. The zero-order valence-corrected chi connectivity index (χ0v) is 10.6. The van der Waals surface area contributed by atoms with Crippen molar-refractivity contribution in [2.75, 3.05) is 39.6 Å². The third-order valence-corrected chi connectivity index (χ3v) is 2.14. The molecule has 0 aromatic heterocycles. The van der Waals surface area contributed by atoms with Crippen molar-refractivity contribution in [3.05, 3.63) is 0 Å². The Balaban J connectivity index is 3.52. The molecule has 0 fully saturated rings. The molecule has 0 aliphatic carbocycles. The van der Waals surface area contributed by atoms with Crippen LogP contribution in [0.25, 0.3) is 0 Å². The van der Waals surface area contributed by atoms with E-state index in [1.165, 1.54) is 0 Å². The van der Waals surface area contributed by atoms with Crippen LogP contribution in [0.4, 0.5) is 0 Å². The number of halogens is 1. The molecule has 5 nitrogen and oxygen atoms in total. The molecule has 0 bridgehead atoms. The molecule has 0 saturated carbocycles. The molecule has 0 spiro atoms. The van der Waals surface area contributed by atoms with Crippen molar-refractivity contribution in [3.63, 3.8) is 0 Å². The van der Waals surface area contributed by atoms with Gasteiger partial charge in [0.25, 0.3) is 0 Å². The summed E-state index contributed by atoms with van der Waals surface area (Å²) in [6.07, 6.45) is 1.49. The van der Waals surface area contributed by atoms with Crippen LogP contribution in [0, 0.1) is 0 Å². The van der Waals surface area contributed by atoms with Crippen molar-refractivity contribution in [3.8, 4) is 0 Å². The Bertz CT molecular complexity index is 222. The molecule has 0 heterocycles. The fraction of sp³-hybridized carbons (Fsp3) is 0.800. The van der Waals surface area contributed by atoms with Crippen molar-refractivity contribution >= 4 is 23.4 Å². The normalized spacial score (nSPS) is 10.2. The Morgan fingerprint density at radius 1 is 1.06 bits per heavy atom. The maximum atomic E-state index is 11.2. The summed E-state index contributed by atoms with van der Waals surface area (Å²) in [4.78, 5) is 24.4. The van der Waals surface area contributed by atoms with Gasteiger partial charge in [0.05, 0.1) is 0 Å². The van der Waals surface area contributed by atoms with Crippen LogP contribution in [-0.4, -0.2) is 56.3 Å². The largest absolute Gasteiger partial charge is 0.348 e. The highest BCUT2D eigenvalue weighted by molar-refractivity contribution is 6.35. The topological polar surface area (TPSA) is 61.4 Å². The first-order valence-corrected chi connectivity index (χ1v) is 5.88. The number of carbonyl (C=O) groups is 2. The fourth-order valence-corrected chi connectivity index (χ4v) is 1.16. The predicted molar refractivity (Wildman–Crippen MR) is 64.5 cm³/mol. The van der Waals surface area contributed by atoms with Gasteiger partial charge in [0.15, 0.2) is 0 Å². The lowest BCUT2D eigenvalue weighted by Gasteiger charge is -2.09. The molecule has 0 aromatic carbocycles. The van der Waals surface area contributed by atoms with Gasteiger partial charge >= 0.3 is 11.8 Å². The van der Waals surface area contributed by atoms with Crippen LogP contribution in [0.2, 0.25) is 0 Å². The smallest absolute Gasteiger partial charge is 0.309 e. The van der Waals surface area contributed by atoms with Gasteiger partial charge in [0.2, 0.25) is 0 Å². The van der Waals surface area contributed by atoms with E-state index in [0.29, 0.717) is 25.4 Å². The second-order valence-corrected chi connectivity index (χ2v) is 4.09. The van der Waals surface area contributed by atoms with E-state index in [-0.39, 0.29) is 0 Å². The number of rotatable bonds is 7. The molecule has 0 aromatic rings. The SMILES string of the molecule is CN(C)CCCNC(=O)C(=O)NCCCCl. The maximum Gasteiger partial charge on any atom is 0.309 e. The van der Waals surface area contributed by atoms with Crippen molar-refractivity contribution in [2.45, 2.75) is 12.8 Å². The summed E-state index contributed by atoms with van der Waals surface area (Å²) in [6.45, 7) is 1.83. The molecule has 0 rings (SSSR count). The monoisotopic (exact) mass is 249 g/mol. The van der Waals surface area contributed by atoms with Gasteiger partial charge in [0.1, 0.15) is 0 Å². The molecule has 0 saturated heterocycles. The molecular weight excluding hydrogens is 230 g/mol. The first kappa shape index (κ1) is 15.2. The Hall–Kier alpha value is -0.810. The van der Waals surface area contributed by atoms with E-state index in [1.54, 1.807) is 0 Å².